The minimum absolute atomic E-state index is 0.0204. The van der Waals surface area contributed by atoms with Crippen molar-refractivity contribution in [1.29, 1.82) is 0 Å². The van der Waals surface area contributed by atoms with Gasteiger partial charge in [-0.1, -0.05) is 15.9 Å². The molecule has 0 aliphatic heterocycles. The largest absolute Gasteiger partial charge is 0.374 e. The molecule has 0 unspecified atom stereocenters. The summed E-state index contributed by atoms with van der Waals surface area (Å²) < 4.78 is 1.02. The van der Waals surface area contributed by atoms with Gasteiger partial charge in [0.2, 0.25) is 5.91 Å². The van der Waals surface area contributed by atoms with Crippen LogP contribution in [0.3, 0.4) is 0 Å². The number of nitrogens with one attached hydrogen (secondary N) is 2. The summed E-state index contributed by atoms with van der Waals surface area (Å²) in [5.41, 5.74) is 0.935. The Hall–Kier alpha value is -1.03. The molecule has 76 valence electrons. The van der Waals surface area contributed by atoms with Gasteiger partial charge in [0.25, 0.3) is 0 Å². The van der Waals surface area contributed by atoms with Crippen LogP contribution in [0.15, 0.2) is 28.7 Å². The molecule has 0 spiro atoms. The van der Waals surface area contributed by atoms with Crippen LogP contribution in [-0.2, 0) is 4.79 Å². The Morgan fingerprint density at radius 3 is 2.43 bits per heavy atom. The van der Waals surface area contributed by atoms with E-state index in [1.165, 1.54) is 0 Å². The molecule has 4 heteroatoms. The Morgan fingerprint density at radius 1 is 1.36 bits per heavy atom. The van der Waals surface area contributed by atoms with E-state index in [1.54, 1.807) is 7.05 Å². The molecule has 0 heterocycles. The molecular formula is C10H13BrN2O. The molecule has 1 aromatic rings. The molecule has 0 fully saturated rings. The van der Waals surface area contributed by atoms with E-state index < -0.39 is 0 Å². The van der Waals surface area contributed by atoms with Gasteiger partial charge >= 0.3 is 0 Å². The summed E-state index contributed by atoms with van der Waals surface area (Å²) in [6.45, 7) is 1.82. The number of carbonyl (C=O) groups is 1. The lowest BCUT2D eigenvalue weighted by molar-refractivity contribution is -0.121. The molecule has 2 N–H and O–H groups in total. The fraction of sp³-hybridized carbons (Fsp3) is 0.300. The van der Waals surface area contributed by atoms with Gasteiger partial charge in [-0.05, 0) is 31.2 Å². The minimum atomic E-state index is -0.221. The number of carbonyl (C=O) groups excluding carboxylic acids is 1. The highest BCUT2D eigenvalue weighted by Crippen LogP contribution is 2.14. The van der Waals surface area contributed by atoms with Crippen molar-refractivity contribution >= 4 is 27.5 Å². The lowest BCUT2D eigenvalue weighted by Gasteiger charge is -2.13. The maximum Gasteiger partial charge on any atom is 0.241 e. The van der Waals surface area contributed by atoms with Gasteiger partial charge in [0.05, 0.1) is 0 Å². The van der Waals surface area contributed by atoms with Crippen molar-refractivity contribution in [3.8, 4) is 0 Å². The summed E-state index contributed by atoms with van der Waals surface area (Å²) in [5.74, 6) is -0.0204. The highest BCUT2D eigenvalue weighted by molar-refractivity contribution is 9.10. The first kappa shape index (κ1) is 11.0. The normalized spacial score (nSPS) is 11.9. The maximum absolute atomic E-state index is 11.2. The summed E-state index contributed by atoms with van der Waals surface area (Å²) in [6.07, 6.45) is 0. The fourth-order valence-electron chi connectivity index (χ4n) is 1.08. The Bertz CT molecular complexity index is 310. The van der Waals surface area contributed by atoms with Crippen molar-refractivity contribution in [3.63, 3.8) is 0 Å². The van der Waals surface area contributed by atoms with E-state index in [1.807, 2.05) is 31.2 Å². The van der Waals surface area contributed by atoms with Crippen LogP contribution in [0.25, 0.3) is 0 Å². The molecule has 0 radical (unpaired) electrons. The molecule has 0 saturated heterocycles. The van der Waals surface area contributed by atoms with Crippen LogP contribution in [0.4, 0.5) is 5.69 Å². The highest BCUT2D eigenvalue weighted by atomic mass is 79.9. The van der Waals surface area contributed by atoms with E-state index in [9.17, 15) is 4.79 Å². The number of anilines is 1. The van der Waals surface area contributed by atoms with Gasteiger partial charge in [-0.15, -0.1) is 0 Å². The van der Waals surface area contributed by atoms with Gasteiger partial charge < -0.3 is 10.6 Å². The fourth-order valence-corrected chi connectivity index (χ4v) is 1.34. The first-order valence-corrected chi connectivity index (χ1v) is 5.16. The third-order valence-electron chi connectivity index (χ3n) is 1.87. The smallest absolute Gasteiger partial charge is 0.241 e. The number of amides is 1. The van der Waals surface area contributed by atoms with Crippen LogP contribution in [0.2, 0.25) is 0 Å². The van der Waals surface area contributed by atoms with Gasteiger partial charge in [0, 0.05) is 17.2 Å². The zero-order chi connectivity index (χ0) is 10.6. The monoisotopic (exact) mass is 256 g/mol. The third kappa shape index (κ3) is 3.03. The van der Waals surface area contributed by atoms with E-state index in [0.717, 1.165) is 10.2 Å². The molecule has 1 atom stereocenters. The van der Waals surface area contributed by atoms with E-state index in [4.69, 9.17) is 0 Å². The number of halogens is 1. The molecule has 0 aliphatic carbocycles. The summed E-state index contributed by atoms with van der Waals surface area (Å²) in [6, 6.07) is 7.48. The zero-order valence-corrected chi connectivity index (χ0v) is 9.76. The number of hydrogen-bond donors (Lipinski definition) is 2. The topological polar surface area (TPSA) is 41.1 Å². The van der Waals surface area contributed by atoms with Crippen LogP contribution < -0.4 is 10.6 Å². The van der Waals surface area contributed by atoms with Crippen molar-refractivity contribution in [2.75, 3.05) is 12.4 Å². The molecule has 1 amide bonds. The average Bonchev–Trinajstić information content (AvgIpc) is 2.20. The Balaban J connectivity index is 2.60. The van der Waals surface area contributed by atoms with Gasteiger partial charge in [-0.2, -0.15) is 0 Å². The Labute approximate surface area is 92.0 Å². The van der Waals surface area contributed by atoms with Crippen LogP contribution in [0, 0.1) is 0 Å². The summed E-state index contributed by atoms with van der Waals surface area (Å²) in [4.78, 5) is 11.2. The standard InChI is InChI=1S/C10H13BrN2O/c1-7(10(14)12-2)13-9-5-3-8(11)4-6-9/h3-7,13H,1-2H3,(H,12,14)/t7-/m1/s1. The molecule has 0 bridgehead atoms. The lowest BCUT2D eigenvalue weighted by atomic mass is 10.2. The third-order valence-corrected chi connectivity index (χ3v) is 2.40. The lowest BCUT2D eigenvalue weighted by Crippen LogP contribution is -2.35. The molecule has 1 aromatic carbocycles. The summed E-state index contributed by atoms with van der Waals surface area (Å²) in [5, 5.41) is 5.67. The summed E-state index contributed by atoms with van der Waals surface area (Å²) >= 11 is 3.35. The Morgan fingerprint density at radius 2 is 1.93 bits per heavy atom. The highest BCUT2D eigenvalue weighted by Gasteiger charge is 2.09. The predicted octanol–water partition coefficient (Wildman–Crippen LogP) is 2.00. The van der Waals surface area contributed by atoms with Gasteiger partial charge in [0.1, 0.15) is 6.04 Å². The van der Waals surface area contributed by atoms with Crippen molar-refractivity contribution in [2.24, 2.45) is 0 Å². The van der Waals surface area contributed by atoms with Crippen molar-refractivity contribution in [1.82, 2.24) is 5.32 Å². The van der Waals surface area contributed by atoms with E-state index >= 15 is 0 Å². The second kappa shape index (κ2) is 5.00. The van der Waals surface area contributed by atoms with Crippen LogP contribution in [-0.4, -0.2) is 19.0 Å². The SMILES string of the molecule is CNC(=O)[C@@H](C)Nc1ccc(Br)cc1. The van der Waals surface area contributed by atoms with Gasteiger partial charge in [0.15, 0.2) is 0 Å². The number of hydrogen-bond acceptors (Lipinski definition) is 2. The summed E-state index contributed by atoms with van der Waals surface area (Å²) in [7, 11) is 1.63. The predicted molar refractivity (Wildman–Crippen MR) is 61.3 cm³/mol. The van der Waals surface area contributed by atoms with Gasteiger partial charge in [-0.25, -0.2) is 0 Å². The Kier molecular flexibility index (Phi) is 3.95. The number of likely N-dealkylation sites (N-methyl/N-ethyl adjacent to an activating group) is 1. The molecule has 0 saturated carbocycles. The second-order valence-electron chi connectivity index (χ2n) is 2.99. The molecule has 14 heavy (non-hydrogen) atoms. The first-order chi connectivity index (χ1) is 6.63. The van der Waals surface area contributed by atoms with Crippen LogP contribution in [0.5, 0.6) is 0 Å². The van der Waals surface area contributed by atoms with Crippen molar-refractivity contribution in [2.45, 2.75) is 13.0 Å². The van der Waals surface area contributed by atoms with Crippen molar-refractivity contribution in [3.05, 3.63) is 28.7 Å². The zero-order valence-electron chi connectivity index (χ0n) is 8.17. The molecule has 3 nitrogen and oxygen atoms in total. The van der Waals surface area contributed by atoms with E-state index in [-0.39, 0.29) is 11.9 Å². The van der Waals surface area contributed by atoms with E-state index in [0.29, 0.717) is 0 Å². The number of rotatable bonds is 3. The molecule has 1 rings (SSSR count). The molecular weight excluding hydrogens is 244 g/mol. The first-order valence-electron chi connectivity index (χ1n) is 4.37. The maximum atomic E-state index is 11.2. The van der Waals surface area contributed by atoms with Crippen LogP contribution in [0.1, 0.15) is 6.92 Å². The van der Waals surface area contributed by atoms with Crippen molar-refractivity contribution < 1.29 is 4.79 Å². The minimum Gasteiger partial charge on any atom is -0.374 e. The van der Waals surface area contributed by atoms with Crippen LogP contribution >= 0.6 is 15.9 Å². The second-order valence-corrected chi connectivity index (χ2v) is 3.90. The number of benzene rings is 1. The van der Waals surface area contributed by atoms with E-state index in [2.05, 4.69) is 26.6 Å². The average molecular weight is 257 g/mol. The molecule has 0 aromatic heterocycles. The molecule has 0 aliphatic rings. The van der Waals surface area contributed by atoms with Gasteiger partial charge in [-0.3, -0.25) is 4.79 Å². The quantitative estimate of drug-likeness (QED) is 0.869.